The number of rotatable bonds is 3. The minimum Gasteiger partial charge on any atom is -0.307 e. The fourth-order valence-electron chi connectivity index (χ4n) is 2.48. The number of aromatic nitrogens is 5. The monoisotopic (exact) mass is 289 g/mol. The Balaban J connectivity index is 2.14. The first-order valence-corrected chi connectivity index (χ1v) is 7.00. The number of hydrogen-bond donors (Lipinski definition) is 0. The Morgan fingerprint density at radius 2 is 2.10 bits per heavy atom. The molecule has 0 fully saturated rings. The zero-order valence-electron chi connectivity index (χ0n) is 11.8. The Morgan fingerprint density at radius 1 is 1.30 bits per heavy atom. The number of imidazole rings is 1. The van der Waals surface area contributed by atoms with Gasteiger partial charge in [0, 0.05) is 24.5 Å². The number of halogens is 1. The third kappa shape index (κ3) is 1.98. The molecule has 5 nitrogen and oxygen atoms in total. The van der Waals surface area contributed by atoms with Gasteiger partial charge in [-0.05, 0) is 26.0 Å². The van der Waals surface area contributed by atoms with Crippen molar-refractivity contribution in [3.05, 3.63) is 41.1 Å². The average molecular weight is 290 g/mol. The number of fused-ring (bicyclic) bond motifs is 1. The van der Waals surface area contributed by atoms with E-state index >= 15 is 0 Å². The summed E-state index contributed by atoms with van der Waals surface area (Å²) in [5.74, 6) is 1.21. The van der Waals surface area contributed by atoms with Crippen molar-refractivity contribution >= 4 is 22.8 Å². The van der Waals surface area contributed by atoms with E-state index in [9.17, 15) is 0 Å². The van der Waals surface area contributed by atoms with Crippen LogP contribution in [0.5, 0.6) is 0 Å². The zero-order valence-corrected chi connectivity index (χ0v) is 12.5. The van der Waals surface area contributed by atoms with Gasteiger partial charge in [0.1, 0.15) is 11.3 Å². The first-order valence-electron chi connectivity index (χ1n) is 6.47. The topological polar surface area (TPSA) is 48.5 Å². The molecule has 0 aliphatic heterocycles. The molecule has 0 aliphatic rings. The normalized spacial score (nSPS) is 11.4. The molecule has 3 rings (SSSR count). The lowest BCUT2D eigenvalue weighted by Gasteiger charge is -2.07. The van der Waals surface area contributed by atoms with E-state index in [1.165, 1.54) is 5.56 Å². The maximum Gasteiger partial charge on any atom is 0.160 e. The number of alkyl halides is 1. The molecular formula is C14H16ClN5. The summed E-state index contributed by atoms with van der Waals surface area (Å²) in [6.07, 6.45) is 1.78. The Hall–Kier alpha value is -1.88. The summed E-state index contributed by atoms with van der Waals surface area (Å²) in [4.78, 5) is 8.96. The Bertz CT molecular complexity index is 771. The van der Waals surface area contributed by atoms with Crippen LogP contribution in [0.3, 0.4) is 0 Å². The largest absolute Gasteiger partial charge is 0.307 e. The number of aryl methyl sites for hydroxylation is 2. The average Bonchev–Trinajstić information content (AvgIpc) is 2.92. The van der Waals surface area contributed by atoms with Gasteiger partial charge in [-0.25, -0.2) is 9.97 Å². The van der Waals surface area contributed by atoms with Crippen LogP contribution in [0.25, 0.3) is 11.2 Å². The minimum atomic E-state index is 0.370. The molecule has 3 aromatic heterocycles. The summed E-state index contributed by atoms with van der Waals surface area (Å²) in [6.45, 7) is 4.79. The van der Waals surface area contributed by atoms with E-state index < -0.39 is 0 Å². The molecule has 0 bridgehead atoms. The molecule has 0 unspecified atom stereocenters. The summed E-state index contributed by atoms with van der Waals surface area (Å²) >= 11 is 6.02. The Morgan fingerprint density at radius 3 is 2.75 bits per heavy atom. The number of nitrogens with zero attached hydrogens (tertiary/aromatic N) is 5. The molecule has 0 spiro atoms. The second kappa shape index (κ2) is 4.90. The van der Waals surface area contributed by atoms with Crippen LogP contribution in [0.4, 0.5) is 0 Å². The first-order chi connectivity index (χ1) is 9.61. The van der Waals surface area contributed by atoms with E-state index in [4.69, 9.17) is 11.6 Å². The van der Waals surface area contributed by atoms with Crippen molar-refractivity contribution in [1.29, 1.82) is 0 Å². The molecule has 0 radical (unpaired) electrons. The third-order valence-electron chi connectivity index (χ3n) is 3.68. The maximum atomic E-state index is 6.02. The second-order valence-electron chi connectivity index (χ2n) is 4.87. The maximum absolute atomic E-state index is 6.02. The molecule has 3 heterocycles. The highest BCUT2D eigenvalue weighted by Gasteiger charge is 2.15. The molecular weight excluding hydrogens is 274 g/mol. The van der Waals surface area contributed by atoms with Crippen molar-refractivity contribution in [2.24, 2.45) is 7.05 Å². The molecule has 0 aromatic carbocycles. The van der Waals surface area contributed by atoms with Crippen molar-refractivity contribution in [2.45, 2.75) is 26.3 Å². The van der Waals surface area contributed by atoms with Crippen LogP contribution < -0.4 is 0 Å². The van der Waals surface area contributed by atoms with E-state index in [1.807, 2.05) is 30.8 Å². The van der Waals surface area contributed by atoms with Gasteiger partial charge in [-0.1, -0.05) is 0 Å². The molecule has 3 aromatic rings. The van der Waals surface area contributed by atoms with E-state index in [1.54, 1.807) is 6.20 Å². The summed E-state index contributed by atoms with van der Waals surface area (Å²) in [6, 6.07) is 3.84. The lowest BCUT2D eigenvalue weighted by molar-refractivity contribution is 0.725. The van der Waals surface area contributed by atoms with E-state index in [0.29, 0.717) is 12.4 Å². The highest BCUT2D eigenvalue weighted by atomic mass is 35.5. The SMILES string of the molecule is Cc1nn(C)c(C)c1Cn1c(CCl)nc2cccnc21. The highest BCUT2D eigenvalue weighted by Crippen LogP contribution is 2.20. The third-order valence-corrected chi connectivity index (χ3v) is 3.92. The standard InChI is InChI=1S/C14H16ClN5/c1-9-11(10(2)19(3)18-9)8-20-13(7-15)17-12-5-4-6-16-14(12)20/h4-6H,7-8H2,1-3H3. The van der Waals surface area contributed by atoms with Crippen molar-refractivity contribution in [1.82, 2.24) is 24.3 Å². The van der Waals surface area contributed by atoms with E-state index in [-0.39, 0.29) is 0 Å². The molecule has 6 heteroatoms. The lowest BCUT2D eigenvalue weighted by Crippen LogP contribution is -2.06. The number of hydrogen-bond acceptors (Lipinski definition) is 3. The van der Waals surface area contributed by atoms with E-state index in [2.05, 4.69) is 26.6 Å². The first kappa shape index (κ1) is 13.1. The van der Waals surface area contributed by atoms with Crippen molar-refractivity contribution in [2.75, 3.05) is 0 Å². The molecule has 0 N–H and O–H groups in total. The van der Waals surface area contributed by atoms with Crippen molar-refractivity contribution in [3.8, 4) is 0 Å². The summed E-state index contributed by atoms with van der Waals surface area (Å²) in [7, 11) is 1.96. The van der Waals surface area contributed by atoms with Crippen LogP contribution in [-0.4, -0.2) is 24.3 Å². The quantitative estimate of drug-likeness (QED) is 0.696. The van der Waals surface area contributed by atoms with Gasteiger partial charge in [-0.3, -0.25) is 4.68 Å². The molecule has 104 valence electrons. The van der Waals surface area contributed by atoms with E-state index in [0.717, 1.165) is 28.4 Å². The summed E-state index contributed by atoms with van der Waals surface area (Å²) in [5, 5.41) is 4.46. The fourth-order valence-corrected chi connectivity index (χ4v) is 2.68. The molecule has 0 saturated carbocycles. The molecule has 0 aliphatic carbocycles. The zero-order chi connectivity index (χ0) is 14.3. The van der Waals surface area contributed by atoms with Crippen LogP contribution in [0.2, 0.25) is 0 Å². The van der Waals surface area contributed by atoms with Crippen molar-refractivity contribution < 1.29 is 0 Å². The van der Waals surface area contributed by atoms with Gasteiger partial charge in [-0.2, -0.15) is 5.10 Å². The Labute approximate surface area is 122 Å². The van der Waals surface area contributed by atoms with Gasteiger partial charge in [0.2, 0.25) is 0 Å². The van der Waals surface area contributed by atoms with Crippen LogP contribution in [0, 0.1) is 13.8 Å². The van der Waals surface area contributed by atoms with Crippen molar-refractivity contribution in [3.63, 3.8) is 0 Å². The molecule has 0 amide bonds. The Kier molecular flexibility index (Phi) is 3.22. The van der Waals surface area contributed by atoms with Crippen LogP contribution in [0.15, 0.2) is 18.3 Å². The van der Waals surface area contributed by atoms with Crippen LogP contribution >= 0.6 is 11.6 Å². The highest BCUT2D eigenvalue weighted by molar-refractivity contribution is 6.16. The van der Waals surface area contributed by atoms with Gasteiger partial charge in [-0.15, -0.1) is 11.6 Å². The summed E-state index contributed by atoms with van der Waals surface area (Å²) < 4.78 is 3.97. The van der Waals surface area contributed by atoms with Crippen LogP contribution in [-0.2, 0) is 19.5 Å². The predicted octanol–water partition coefficient (Wildman–Crippen LogP) is 2.57. The molecule has 0 atom stereocenters. The van der Waals surface area contributed by atoms with Gasteiger partial charge in [0.25, 0.3) is 0 Å². The second-order valence-corrected chi connectivity index (χ2v) is 5.13. The molecule has 20 heavy (non-hydrogen) atoms. The lowest BCUT2D eigenvalue weighted by atomic mass is 10.2. The van der Waals surface area contributed by atoms with Crippen LogP contribution in [0.1, 0.15) is 22.8 Å². The molecule has 0 saturated heterocycles. The minimum absolute atomic E-state index is 0.370. The van der Waals surface area contributed by atoms with Gasteiger partial charge in [0.15, 0.2) is 5.65 Å². The smallest absolute Gasteiger partial charge is 0.160 e. The summed E-state index contributed by atoms with van der Waals surface area (Å²) in [5.41, 5.74) is 5.13. The number of pyridine rings is 1. The van der Waals surface area contributed by atoms with Gasteiger partial charge >= 0.3 is 0 Å². The van der Waals surface area contributed by atoms with Gasteiger partial charge < -0.3 is 4.57 Å². The fraction of sp³-hybridized carbons (Fsp3) is 0.357. The van der Waals surface area contributed by atoms with Gasteiger partial charge in [0.05, 0.1) is 18.1 Å². The predicted molar refractivity (Wildman–Crippen MR) is 78.9 cm³/mol.